The number of amides is 1. The summed E-state index contributed by atoms with van der Waals surface area (Å²) in [7, 11) is 0. The van der Waals surface area contributed by atoms with Gasteiger partial charge in [0.1, 0.15) is 5.75 Å². The Morgan fingerprint density at radius 1 is 1.06 bits per heavy atom. The second-order valence-corrected chi connectivity index (χ2v) is 9.53. The molecule has 0 fully saturated rings. The average molecular weight is 487 g/mol. The summed E-state index contributed by atoms with van der Waals surface area (Å²) in [5.74, 6) is 2.04. The number of hydrogen-bond donors (Lipinski definition) is 1. The standard InChI is InChI=1S/C28H30N4O2S/c1-5-17-32-27(20(4)34-23-15-13-21(14-16-23)19(2)3)30-31-28(32)35-18-26(33)29-25-12-8-10-22-9-6-7-11-24(22)25/h5-16,19-20H,1,17-18H2,2-4H3,(H,29,33). The van der Waals surface area contributed by atoms with E-state index >= 15 is 0 Å². The Bertz CT molecular complexity index is 1310. The highest BCUT2D eigenvalue weighted by Gasteiger charge is 2.20. The van der Waals surface area contributed by atoms with Gasteiger partial charge >= 0.3 is 0 Å². The Balaban J connectivity index is 1.43. The van der Waals surface area contributed by atoms with Gasteiger partial charge in [-0.05, 0) is 42.0 Å². The first kappa shape index (κ1) is 24.5. The van der Waals surface area contributed by atoms with Crippen LogP contribution in [0.4, 0.5) is 5.69 Å². The molecule has 0 aliphatic heterocycles. The van der Waals surface area contributed by atoms with E-state index in [1.807, 2.05) is 66.1 Å². The van der Waals surface area contributed by atoms with Crippen molar-refractivity contribution >= 4 is 34.1 Å². The van der Waals surface area contributed by atoms with Crippen molar-refractivity contribution in [3.63, 3.8) is 0 Å². The van der Waals surface area contributed by atoms with Crippen LogP contribution in [0, 0.1) is 0 Å². The van der Waals surface area contributed by atoms with Crippen LogP contribution in [0.2, 0.25) is 0 Å². The highest BCUT2D eigenvalue weighted by atomic mass is 32.2. The van der Waals surface area contributed by atoms with Gasteiger partial charge in [-0.15, -0.1) is 16.8 Å². The van der Waals surface area contributed by atoms with Gasteiger partial charge in [0.05, 0.1) is 5.75 Å². The van der Waals surface area contributed by atoms with Crippen LogP contribution in [0.15, 0.2) is 84.5 Å². The van der Waals surface area contributed by atoms with Crippen molar-refractivity contribution in [3.8, 4) is 5.75 Å². The third-order valence-corrected chi connectivity index (χ3v) is 6.64. The van der Waals surface area contributed by atoms with Crippen LogP contribution in [0.3, 0.4) is 0 Å². The van der Waals surface area contributed by atoms with Crippen molar-refractivity contribution in [2.75, 3.05) is 11.1 Å². The van der Waals surface area contributed by atoms with Crippen LogP contribution in [0.25, 0.3) is 10.8 Å². The fourth-order valence-corrected chi connectivity index (χ4v) is 4.60. The number of rotatable bonds is 10. The van der Waals surface area contributed by atoms with Crippen LogP contribution >= 0.6 is 11.8 Å². The normalized spacial score (nSPS) is 12.0. The highest BCUT2D eigenvalue weighted by Crippen LogP contribution is 2.27. The van der Waals surface area contributed by atoms with Gasteiger partial charge in [-0.1, -0.05) is 80.2 Å². The summed E-state index contributed by atoms with van der Waals surface area (Å²) in [6.45, 7) is 10.7. The van der Waals surface area contributed by atoms with Gasteiger partial charge in [-0.3, -0.25) is 9.36 Å². The zero-order valence-electron chi connectivity index (χ0n) is 20.3. The first-order chi connectivity index (χ1) is 17.0. The first-order valence-electron chi connectivity index (χ1n) is 11.7. The number of ether oxygens (including phenoxy) is 1. The molecule has 1 N–H and O–H groups in total. The molecular weight excluding hydrogens is 456 g/mol. The second kappa shape index (κ2) is 11.2. The fraction of sp³-hybridized carbons (Fsp3) is 0.250. The van der Waals surface area contributed by atoms with Crippen LogP contribution < -0.4 is 10.1 Å². The average Bonchev–Trinajstić information content (AvgIpc) is 3.26. The minimum atomic E-state index is -0.314. The Morgan fingerprint density at radius 3 is 2.54 bits per heavy atom. The number of carbonyl (C=O) groups is 1. The molecule has 0 saturated carbocycles. The molecule has 35 heavy (non-hydrogen) atoms. The van der Waals surface area contributed by atoms with Crippen molar-refractivity contribution < 1.29 is 9.53 Å². The summed E-state index contributed by atoms with van der Waals surface area (Å²) in [6.07, 6.45) is 1.48. The third kappa shape index (κ3) is 5.92. The van der Waals surface area contributed by atoms with E-state index in [1.165, 1.54) is 17.3 Å². The van der Waals surface area contributed by atoms with E-state index in [4.69, 9.17) is 4.74 Å². The lowest BCUT2D eigenvalue weighted by molar-refractivity contribution is -0.113. The zero-order chi connectivity index (χ0) is 24.8. The lowest BCUT2D eigenvalue weighted by atomic mass is 10.0. The number of nitrogens with zero attached hydrogens (tertiary/aromatic N) is 3. The maximum atomic E-state index is 12.7. The van der Waals surface area contributed by atoms with Gasteiger partial charge in [0.2, 0.25) is 5.91 Å². The number of nitrogens with one attached hydrogen (secondary N) is 1. The molecule has 4 rings (SSSR count). The smallest absolute Gasteiger partial charge is 0.234 e. The van der Waals surface area contributed by atoms with Crippen molar-refractivity contribution in [2.45, 2.75) is 44.5 Å². The molecule has 180 valence electrons. The van der Waals surface area contributed by atoms with Crippen molar-refractivity contribution in [1.82, 2.24) is 14.8 Å². The molecule has 1 heterocycles. The Hall–Kier alpha value is -3.58. The molecule has 1 atom stereocenters. The van der Waals surface area contributed by atoms with Gasteiger partial charge in [0.25, 0.3) is 0 Å². The largest absolute Gasteiger partial charge is 0.483 e. The number of allylic oxidation sites excluding steroid dienone is 1. The van der Waals surface area contributed by atoms with Crippen LogP contribution in [0.1, 0.15) is 44.2 Å². The number of thioether (sulfide) groups is 1. The topological polar surface area (TPSA) is 69.0 Å². The molecule has 0 spiro atoms. The monoisotopic (exact) mass is 486 g/mol. The van der Waals surface area contributed by atoms with E-state index in [9.17, 15) is 4.79 Å². The van der Waals surface area contributed by atoms with E-state index in [2.05, 4.69) is 48.1 Å². The van der Waals surface area contributed by atoms with Gasteiger partial charge in [-0.25, -0.2) is 0 Å². The van der Waals surface area contributed by atoms with Gasteiger partial charge in [0, 0.05) is 17.6 Å². The zero-order valence-corrected chi connectivity index (χ0v) is 21.1. The van der Waals surface area contributed by atoms with E-state index in [0.717, 1.165) is 22.2 Å². The van der Waals surface area contributed by atoms with E-state index in [-0.39, 0.29) is 17.8 Å². The molecule has 4 aromatic rings. The summed E-state index contributed by atoms with van der Waals surface area (Å²) in [4.78, 5) is 12.7. The minimum Gasteiger partial charge on any atom is -0.483 e. The predicted molar refractivity (Wildman–Crippen MR) is 143 cm³/mol. The van der Waals surface area contributed by atoms with Crippen molar-refractivity contribution in [3.05, 3.63) is 90.8 Å². The molecule has 1 unspecified atom stereocenters. The lowest BCUT2D eigenvalue weighted by Gasteiger charge is -2.16. The van der Waals surface area contributed by atoms with Crippen LogP contribution in [-0.4, -0.2) is 26.4 Å². The summed E-state index contributed by atoms with van der Waals surface area (Å²) in [6, 6.07) is 22.0. The minimum absolute atomic E-state index is 0.101. The predicted octanol–water partition coefficient (Wildman–Crippen LogP) is 6.61. The Kier molecular flexibility index (Phi) is 7.87. The highest BCUT2D eigenvalue weighted by molar-refractivity contribution is 7.99. The molecule has 0 bridgehead atoms. The lowest BCUT2D eigenvalue weighted by Crippen LogP contribution is -2.15. The molecular formula is C28H30N4O2S. The van der Waals surface area contributed by atoms with Gasteiger partial charge in [-0.2, -0.15) is 0 Å². The molecule has 3 aromatic carbocycles. The third-order valence-electron chi connectivity index (χ3n) is 5.68. The van der Waals surface area contributed by atoms with Gasteiger partial charge < -0.3 is 10.1 Å². The summed E-state index contributed by atoms with van der Waals surface area (Å²) >= 11 is 1.34. The molecule has 0 aliphatic rings. The number of benzene rings is 3. The van der Waals surface area contributed by atoms with Crippen molar-refractivity contribution in [1.29, 1.82) is 0 Å². The second-order valence-electron chi connectivity index (χ2n) is 8.59. The summed E-state index contributed by atoms with van der Waals surface area (Å²) < 4.78 is 8.08. The molecule has 0 radical (unpaired) electrons. The molecule has 0 aliphatic carbocycles. The number of carbonyl (C=O) groups excluding carboxylic acids is 1. The fourth-order valence-electron chi connectivity index (χ4n) is 3.85. The molecule has 6 nitrogen and oxygen atoms in total. The Morgan fingerprint density at radius 2 is 1.80 bits per heavy atom. The first-order valence-corrected chi connectivity index (χ1v) is 12.7. The molecule has 1 aromatic heterocycles. The quantitative estimate of drug-likeness (QED) is 0.202. The van der Waals surface area contributed by atoms with Crippen LogP contribution in [0.5, 0.6) is 5.75 Å². The number of fused-ring (bicyclic) bond motifs is 1. The SMILES string of the molecule is C=CCn1c(SCC(=O)Nc2cccc3ccccc23)nnc1C(C)Oc1ccc(C(C)C)cc1. The van der Waals surface area contributed by atoms with E-state index < -0.39 is 0 Å². The van der Waals surface area contributed by atoms with E-state index in [1.54, 1.807) is 6.08 Å². The molecule has 7 heteroatoms. The van der Waals surface area contributed by atoms with Crippen molar-refractivity contribution in [2.24, 2.45) is 0 Å². The maximum Gasteiger partial charge on any atom is 0.234 e. The van der Waals surface area contributed by atoms with E-state index in [0.29, 0.717) is 23.4 Å². The molecule has 1 amide bonds. The summed E-state index contributed by atoms with van der Waals surface area (Å²) in [5, 5.41) is 14.5. The number of aromatic nitrogens is 3. The molecule has 0 saturated heterocycles. The van der Waals surface area contributed by atoms with Gasteiger partial charge in [0.15, 0.2) is 17.1 Å². The number of anilines is 1. The van der Waals surface area contributed by atoms with Crippen LogP contribution in [-0.2, 0) is 11.3 Å². The number of hydrogen-bond acceptors (Lipinski definition) is 5. The summed E-state index contributed by atoms with van der Waals surface area (Å²) in [5.41, 5.74) is 2.06. The Labute approximate surface area is 210 Å². The maximum absolute atomic E-state index is 12.7.